The van der Waals surface area contributed by atoms with Crippen molar-refractivity contribution in [2.24, 2.45) is 0 Å². The van der Waals surface area contributed by atoms with Crippen LogP contribution in [0.15, 0.2) is 5.38 Å². The van der Waals surface area contributed by atoms with E-state index in [1.54, 1.807) is 0 Å². The minimum absolute atomic E-state index is 0.522. The molecular weight excluding hydrogens is 215 g/mol. The lowest BCUT2D eigenvalue weighted by Gasteiger charge is -1.92. The monoisotopic (exact) mass is 226 g/mol. The zero-order valence-corrected chi connectivity index (χ0v) is 9.46. The van der Waals surface area contributed by atoms with Crippen LogP contribution in [0.25, 0.3) is 0 Å². The maximum Gasteiger partial charge on any atom is 0.0780 e. The van der Waals surface area contributed by atoms with E-state index in [0.717, 1.165) is 5.69 Å². The summed E-state index contributed by atoms with van der Waals surface area (Å²) in [6, 6.07) is 0. The van der Waals surface area contributed by atoms with Gasteiger partial charge in [0.2, 0.25) is 0 Å². The van der Waals surface area contributed by atoms with Crippen molar-refractivity contribution in [3.8, 4) is 0 Å². The van der Waals surface area contributed by atoms with E-state index < -0.39 is 0 Å². The van der Waals surface area contributed by atoms with Gasteiger partial charge in [0.15, 0.2) is 0 Å². The topological polar surface area (TPSA) is 25.8 Å². The second-order valence-corrected chi connectivity index (χ2v) is 3.73. The van der Waals surface area contributed by atoms with Gasteiger partial charge in [0.1, 0.15) is 0 Å². The molecule has 0 unspecified atom stereocenters. The van der Waals surface area contributed by atoms with Crippen molar-refractivity contribution in [1.82, 2.24) is 9.59 Å². The maximum atomic E-state index is 5.05. The molecule has 0 spiro atoms. The lowest BCUT2D eigenvalue weighted by molar-refractivity contribution is 0.812. The van der Waals surface area contributed by atoms with E-state index in [2.05, 4.69) is 23.4 Å². The molecule has 0 aliphatic carbocycles. The van der Waals surface area contributed by atoms with Gasteiger partial charge in [-0.2, -0.15) is 0 Å². The van der Waals surface area contributed by atoms with E-state index in [4.69, 9.17) is 23.2 Å². The van der Waals surface area contributed by atoms with E-state index in [1.807, 2.05) is 5.38 Å². The Kier molecular flexibility index (Phi) is 7.86. The second kappa shape index (κ2) is 7.77. The van der Waals surface area contributed by atoms with Gasteiger partial charge in [-0.1, -0.05) is 18.3 Å². The molecule has 1 aromatic rings. The van der Waals surface area contributed by atoms with Crippen LogP contribution in [0.2, 0.25) is 0 Å². The smallest absolute Gasteiger partial charge is 0.0780 e. The average Bonchev–Trinajstić information content (AvgIpc) is 2.57. The highest BCUT2D eigenvalue weighted by atomic mass is 35.5. The Morgan fingerprint density at radius 2 is 2.00 bits per heavy atom. The highest BCUT2D eigenvalue weighted by Crippen LogP contribution is 2.10. The van der Waals surface area contributed by atoms with E-state index in [9.17, 15) is 0 Å². The minimum Gasteiger partial charge on any atom is -0.143 e. The number of hydrogen-bond acceptors (Lipinski definition) is 3. The average molecular weight is 227 g/mol. The fourth-order valence-corrected chi connectivity index (χ4v) is 1.04. The van der Waals surface area contributed by atoms with Gasteiger partial charge in [-0.15, -0.1) is 28.3 Å². The van der Waals surface area contributed by atoms with Crippen molar-refractivity contribution in [1.29, 1.82) is 0 Å². The van der Waals surface area contributed by atoms with Gasteiger partial charge in [0.25, 0.3) is 0 Å². The van der Waals surface area contributed by atoms with Crippen molar-refractivity contribution >= 4 is 34.7 Å². The molecule has 1 heterocycles. The first kappa shape index (κ1) is 12.1. The molecule has 5 heteroatoms. The minimum atomic E-state index is 0.522. The lowest BCUT2D eigenvalue weighted by Crippen LogP contribution is -1.85. The number of aromatic nitrogens is 2. The van der Waals surface area contributed by atoms with Gasteiger partial charge in [-0.25, -0.2) is 0 Å². The van der Waals surface area contributed by atoms with Crippen LogP contribution in [0, 0.1) is 0 Å². The van der Waals surface area contributed by atoms with Gasteiger partial charge in [-0.3, -0.25) is 0 Å². The van der Waals surface area contributed by atoms with Gasteiger partial charge >= 0.3 is 0 Å². The van der Waals surface area contributed by atoms with Gasteiger partial charge < -0.3 is 0 Å². The van der Waals surface area contributed by atoms with Gasteiger partial charge in [0.05, 0.1) is 5.69 Å². The summed E-state index contributed by atoms with van der Waals surface area (Å²) in [5, 5.41) is 5.86. The Morgan fingerprint density at radius 1 is 1.42 bits per heavy atom. The van der Waals surface area contributed by atoms with Crippen LogP contribution in [-0.4, -0.2) is 21.3 Å². The summed E-state index contributed by atoms with van der Waals surface area (Å²) in [7, 11) is 0. The number of hydrogen-bond donors (Lipinski definition) is 0. The molecule has 12 heavy (non-hydrogen) atoms. The van der Waals surface area contributed by atoms with Crippen LogP contribution in [0.4, 0.5) is 0 Å². The first-order chi connectivity index (χ1) is 5.72. The molecular formula is C7H12Cl2N2S. The standard InChI is InChI=1S/C5H8N2S.C2H4Cl2/c1-4(2)5-3-8-7-6-5;3-1-2-4/h3-4H,1-2H3;1-2H2. The van der Waals surface area contributed by atoms with Crippen molar-refractivity contribution in [3.05, 3.63) is 11.1 Å². The summed E-state index contributed by atoms with van der Waals surface area (Å²) in [5.41, 5.74) is 1.09. The SMILES string of the molecule is CC(C)c1csnn1.ClCCCl. The summed E-state index contributed by atoms with van der Waals surface area (Å²) in [6.07, 6.45) is 0. The van der Waals surface area contributed by atoms with Crippen LogP contribution in [0.3, 0.4) is 0 Å². The molecule has 0 fully saturated rings. The van der Waals surface area contributed by atoms with Crippen LogP contribution in [-0.2, 0) is 0 Å². The highest BCUT2D eigenvalue weighted by Gasteiger charge is 1.98. The molecule has 0 N–H and O–H groups in total. The predicted molar refractivity (Wildman–Crippen MR) is 55.4 cm³/mol. The second-order valence-electron chi connectivity index (χ2n) is 2.36. The normalized spacial score (nSPS) is 9.42. The molecule has 1 rings (SSSR count). The number of nitrogens with zero attached hydrogens (tertiary/aromatic N) is 2. The predicted octanol–water partition coefficient (Wildman–Crippen LogP) is 3.13. The first-order valence-electron chi connectivity index (χ1n) is 3.61. The molecule has 0 aliphatic heterocycles. The molecule has 0 aliphatic rings. The Labute approximate surface area is 87.1 Å². The van der Waals surface area contributed by atoms with E-state index in [0.29, 0.717) is 17.7 Å². The first-order valence-corrected chi connectivity index (χ1v) is 5.51. The summed E-state index contributed by atoms with van der Waals surface area (Å²) in [4.78, 5) is 0. The summed E-state index contributed by atoms with van der Waals surface area (Å²) < 4.78 is 3.74. The maximum absolute atomic E-state index is 5.05. The summed E-state index contributed by atoms with van der Waals surface area (Å²) >= 11 is 11.5. The van der Waals surface area contributed by atoms with Crippen molar-refractivity contribution in [2.75, 3.05) is 11.8 Å². The molecule has 1 aromatic heterocycles. The zero-order valence-electron chi connectivity index (χ0n) is 7.13. The fourth-order valence-electron chi connectivity index (χ4n) is 0.423. The van der Waals surface area contributed by atoms with Crippen LogP contribution < -0.4 is 0 Å². The van der Waals surface area contributed by atoms with Crippen molar-refractivity contribution < 1.29 is 0 Å². The van der Waals surface area contributed by atoms with Crippen LogP contribution in [0.5, 0.6) is 0 Å². The van der Waals surface area contributed by atoms with E-state index in [1.165, 1.54) is 11.5 Å². The van der Waals surface area contributed by atoms with E-state index in [-0.39, 0.29) is 0 Å². The largest absolute Gasteiger partial charge is 0.143 e. The van der Waals surface area contributed by atoms with Crippen molar-refractivity contribution in [3.63, 3.8) is 0 Å². The number of alkyl halides is 2. The third-order valence-electron chi connectivity index (χ3n) is 1.04. The molecule has 0 atom stereocenters. The van der Waals surface area contributed by atoms with Gasteiger partial charge in [-0.05, 0) is 17.5 Å². The Hall–Kier alpha value is 0.140. The fraction of sp³-hybridized carbons (Fsp3) is 0.714. The Bertz CT molecular complexity index is 176. The summed E-state index contributed by atoms with van der Waals surface area (Å²) in [6.45, 7) is 4.22. The van der Waals surface area contributed by atoms with Crippen LogP contribution in [0.1, 0.15) is 25.5 Å². The molecule has 0 saturated carbocycles. The molecule has 70 valence electrons. The molecule has 0 bridgehead atoms. The van der Waals surface area contributed by atoms with Crippen LogP contribution >= 0.6 is 34.7 Å². The molecule has 2 nitrogen and oxygen atoms in total. The Balaban J connectivity index is 0.000000261. The third-order valence-corrected chi connectivity index (χ3v) is 2.13. The summed E-state index contributed by atoms with van der Waals surface area (Å²) in [5.74, 6) is 1.64. The molecule has 0 aromatic carbocycles. The van der Waals surface area contributed by atoms with Crippen molar-refractivity contribution in [2.45, 2.75) is 19.8 Å². The zero-order chi connectivity index (χ0) is 9.40. The highest BCUT2D eigenvalue weighted by molar-refractivity contribution is 7.03. The number of rotatable bonds is 2. The Morgan fingerprint density at radius 3 is 2.17 bits per heavy atom. The quantitative estimate of drug-likeness (QED) is 0.725. The van der Waals surface area contributed by atoms with E-state index >= 15 is 0 Å². The molecule has 0 amide bonds. The van der Waals surface area contributed by atoms with Gasteiger partial charge in [0, 0.05) is 17.1 Å². The third kappa shape index (κ3) is 5.75. The lowest BCUT2D eigenvalue weighted by atomic mass is 10.2. The number of halogens is 2. The molecule has 0 radical (unpaired) electrons. The molecule has 0 saturated heterocycles.